The summed E-state index contributed by atoms with van der Waals surface area (Å²) in [7, 11) is 0. The Morgan fingerprint density at radius 1 is 1.37 bits per heavy atom. The molecule has 1 aromatic rings. The molecular formula is C22H28O8. The fourth-order valence-corrected chi connectivity index (χ4v) is 6.84. The van der Waals surface area contributed by atoms with Crippen molar-refractivity contribution in [3.05, 3.63) is 24.2 Å². The number of esters is 1. The van der Waals surface area contributed by atoms with Crippen molar-refractivity contribution in [2.45, 2.75) is 63.6 Å². The Morgan fingerprint density at radius 3 is 2.77 bits per heavy atom. The van der Waals surface area contributed by atoms with Crippen LogP contribution in [0.4, 0.5) is 0 Å². The van der Waals surface area contributed by atoms with Gasteiger partial charge >= 0.3 is 5.97 Å². The van der Waals surface area contributed by atoms with Crippen LogP contribution in [0, 0.1) is 22.7 Å². The molecule has 4 fully saturated rings. The molecule has 164 valence electrons. The number of aliphatic hydroxyl groups excluding tert-OH is 2. The molecule has 2 aliphatic carbocycles. The highest BCUT2D eigenvalue weighted by molar-refractivity contribution is 5.92. The number of epoxide rings is 1. The molecule has 8 heteroatoms. The van der Waals surface area contributed by atoms with E-state index in [9.17, 15) is 19.8 Å². The van der Waals surface area contributed by atoms with E-state index in [-0.39, 0.29) is 36.9 Å². The molecule has 1 aromatic heterocycles. The molecule has 0 amide bonds. The number of rotatable bonds is 3. The summed E-state index contributed by atoms with van der Waals surface area (Å²) in [6.07, 6.45) is 2.52. The zero-order valence-electron chi connectivity index (χ0n) is 17.2. The maximum atomic E-state index is 13.0. The highest BCUT2D eigenvalue weighted by Gasteiger charge is 2.79. The quantitative estimate of drug-likeness (QED) is 0.561. The average molecular weight is 420 g/mol. The highest BCUT2D eigenvalue weighted by atomic mass is 16.6. The van der Waals surface area contributed by atoms with Gasteiger partial charge in [0.05, 0.1) is 36.8 Å². The van der Waals surface area contributed by atoms with Gasteiger partial charge in [-0.1, -0.05) is 6.92 Å². The summed E-state index contributed by atoms with van der Waals surface area (Å²) in [4.78, 5) is 24.7. The lowest BCUT2D eigenvalue weighted by molar-refractivity contribution is -0.255. The van der Waals surface area contributed by atoms with E-state index in [1.165, 1.54) is 6.92 Å². The van der Waals surface area contributed by atoms with Gasteiger partial charge in [-0.05, 0) is 37.2 Å². The summed E-state index contributed by atoms with van der Waals surface area (Å²) >= 11 is 0. The van der Waals surface area contributed by atoms with Crippen LogP contribution >= 0.6 is 0 Å². The Hall–Kier alpha value is -1.74. The average Bonchev–Trinajstić information content (AvgIpc) is 3.16. The summed E-state index contributed by atoms with van der Waals surface area (Å²) < 4.78 is 22.4. The first kappa shape index (κ1) is 20.2. The van der Waals surface area contributed by atoms with Crippen LogP contribution in [-0.2, 0) is 23.8 Å². The van der Waals surface area contributed by atoms with Crippen LogP contribution in [0.5, 0.6) is 0 Å². The number of hydrogen-bond donors (Lipinski definition) is 2. The molecule has 5 rings (SSSR count). The second-order valence-corrected chi connectivity index (χ2v) is 9.45. The van der Waals surface area contributed by atoms with Crippen LogP contribution in [-0.4, -0.2) is 53.2 Å². The Bertz CT molecular complexity index is 845. The number of hydrogen-bond acceptors (Lipinski definition) is 8. The van der Waals surface area contributed by atoms with Crippen LogP contribution in [0.25, 0.3) is 0 Å². The van der Waals surface area contributed by atoms with E-state index >= 15 is 0 Å². The molecule has 8 nitrogen and oxygen atoms in total. The summed E-state index contributed by atoms with van der Waals surface area (Å²) in [6.45, 7) is 3.41. The predicted molar refractivity (Wildman–Crippen MR) is 101 cm³/mol. The fraction of sp³-hybridized carbons (Fsp3) is 0.727. The lowest BCUT2D eigenvalue weighted by Crippen LogP contribution is -2.70. The molecule has 4 aliphatic rings. The number of carbonyl (C=O) groups is 2. The van der Waals surface area contributed by atoms with Crippen molar-refractivity contribution in [1.82, 2.24) is 0 Å². The molecule has 0 unspecified atom stereocenters. The van der Waals surface area contributed by atoms with Gasteiger partial charge in [-0.2, -0.15) is 0 Å². The van der Waals surface area contributed by atoms with Gasteiger partial charge in [0.25, 0.3) is 0 Å². The molecule has 0 bridgehead atoms. The van der Waals surface area contributed by atoms with Crippen LogP contribution in [0.2, 0.25) is 0 Å². The van der Waals surface area contributed by atoms with Crippen molar-refractivity contribution in [1.29, 1.82) is 0 Å². The second kappa shape index (κ2) is 6.63. The van der Waals surface area contributed by atoms with Crippen molar-refractivity contribution in [3.8, 4) is 0 Å². The number of ether oxygens (including phenoxy) is 3. The van der Waals surface area contributed by atoms with Gasteiger partial charge < -0.3 is 28.8 Å². The Labute approximate surface area is 174 Å². The number of ketones is 1. The van der Waals surface area contributed by atoms with Crippen molar-refractivity contribution in [3.63, 3.8) is 0 Å². The monoisotopic (exact) mass is 420 g/mol. The summed E-state index contributed by atoms with van der Waals surface area (Å²) in [5.74, 6) is -0.917. The predicted octanol–water partition coefficient (Wildman–Crippen LogP) is 1.74. The van der Waals surface area contributed by atoms with Crippen LogP contribution < -0.4 is 0 Å². The second-order valence-electron chi connectivity index (χ2n) is 9.45. The first-order chi connectivity index (χ1) is 14.3. The van der Waals surface area contributed by atoms with Gasteiger partial charge in [0.2, 0.25) is 0 Å². The number of carbonyl (C=O) groups excluding carboxylic acids is 2. The molecular weight excluding hydrogens is 392 g/mol. The van der Waals surface area contributed by atoms with Crippen LogP contribution in [0.3, 0.4) is 0 Å². The standard InChI is InChI=1S/C22H28O8/c1-12-7-18(25)21(10-28-13(2)23)16(3-4-17(24)22(21)11-29-22)20(12)8-15(30-19(20)26)14-5-6-27-9-14/h5-6,9,12,15-16,18-19,25-26H,3-4,7-8,10-11H2,1-2H3/t12-,15+,16-,18-,19+,20-,21+,22-/m1/s1. The molecule has 0 radical (unpaired) electrons. The third-order valence-electron chi connectivity index (χ3n) is 8.38. The third-order valence-corrected chi connectivity index (χ3v) is 8.38. The Morgan fingerprint density at radius 2 is 2.13 bits per heavy atom. The largest absolute Gasteiger partial charge is 0.472 e. The smallest absolute Gasteiger partial charge is 0.302 e. The van der Waals surface area contributed by atoms with E-state index in [1.54, 1.807) is 12.5 Å². The van der Waals surface area contributed by atoms with Crippen molar-refractivity contribution in [2.24, 2.45) is 22.7 Å². The summed E-state index contributed by atoms with van der Waals surface area (Å²) in [6, 6.07) is 1.82. The molecule has 3 heterocycles. The van der Waals surface area contributed by atoms with Crippen LogP contribution in [0.15, 0.2) is 23.0 Å². The molecule has 8 atom stereocenters. The minimum Gasteiger partial charge on any atom is -0.472 e. The lowest BCUT2D eigenvalue weighted by atomic mass is 9.42. The third kappa shape index (κ3) is 2.42. The molecule has 30 heavy (non-hydrogen) atoms. The number of Topliss-reactive ketones (excluding diaryl/α,β-unsaturated/α-hetero) is 1. The van der Waals surface area contributed by atoms with Gasteiger partial charge in [-0.25, -0.2) is 0 Å². The van der Waals surface area contributed by atoms with E-state index in [0.29, 0.717) is 25.7 Å². The van der Waals surface area contributed by atoms with Crippen molar-refractivity contribution >= 4 is 11.8 Å². The van der Waals surface area contributed by atoms with Gasteiger partial charge in [-0.15, -0.1) is 0 Å². The SMILES string of the molecule is CC(=O)OC[C@@]12[C@H](O)C[C@@H](C)[C@]3(C[C@@H](c4ccoc4)O[C@@H]3O)[C@H]1CCC(=O)[C@]21CO1. The van der Waals surface area contributed by atoms with Crippen molar-refractivity contribution < 1.29 is 38.4 Å². The molecule has 0 aromatic carbocycles. The number of fused-ring (bicyclic) bond motifs is 3. The topological polar surface area (TPSA) is 119 Å². The Balaban J connectivity index is 1.61. The maximum absolute atomic E-state index is 13.0. The van der Waals surface area contributed by atoms with Gasteiger partial charge in [0.15, 0.2) is 17.7 Å². The molecule has 2 saturated heterocycles. The molecule has 2 saturated carbocycles. The van der Waals surface area contributed by atoms with Gasteiger partial charge in [0.1, 0.15) is 6.61 Å². The zero-order chi connectivity index (χ0) is 21.3. The van der Waals surface area contributed by atoms with Crippen molar-refractivity contribution in [2.75, 3.05) is 13.2 Å². The van der Waals surface area contributed by atoms with E-state index in [4.69, 9.17) is 18.6 Å². The molecule has 2 spiro atoms. The van der Waals surface area contributed by atoms with Gasteiger partial charge in [-0.3, -0.25) is 9.59 Å². The maximum Gasteiger partial charge on any atom is 0.302 e. The number of furan rings is 1. The first-order valence-corrected chi connectivity index (χ1v) is 10.6. The minimum absolute atomic E-state index is 0.0607. The van der Waals surface area contributed by atoms with Crippen LogP contribution in [0.1, 0.15) is 51.2 Å². The zero-order valence-corrected chi connectivity index (χ0v) is 17.2. The van der Waals surface area contributed by atoms with E-state index in [1.807, 2.05) is 13.0 Å². The van der Waals surface area contributed by atoms with E-state index in [2.05, 4.69) is 0 Å². The first-order valence-electron chi connectivity index (χ1n) is 10.6. The minimum atomic E-state index is -1.16. The van der Waals surface area contributed by atoms with Gasteiger partial charge in [0, 0.05) is 24.3 Å². The van der Waals surface area contributed by atoms with E-state index < -0.39 is 34.8 Å². The van der Waals surface area contributed by atoms with E-state index in [0.717, 1.165) is 5.56 Å². The highest BCUT2D eigenvalue weighted by Crippen LogP contribution is 2.71. The Kier molecular flexibility index (Phi) is 4.46. The normalized spacial score (nSPS) is 47.5. The summed E-state index contributed by atoms with van der Waals surface area (Å²) in [5, 5.41) is 22.6. The molecule has 2 N–H and O–H groups in total. The molecule has 2 aliphatic heterocycles. The summed E-state index contributed by atoms with van der Waals surface area (Å²) in [5.41, 5.74) is -2.12. The lowest BCUT2D eigenvalue weighted by Gasteiger charge is -2.62. The fourth-order valence-electron chi connectivity index (χ4n) is 6.84. The number of aliphatic hydroxyl groups is 2.